The summed E-state index contributed by atoms with van der Waals surface area (Å²) < 4.78 is 0. The fourth-order valence-corrected chi connectivity index (χ4v) is 2.43. The molecule has 0 atom stereocenters. The third kappa shape index (κ3) is 1.42. The van der Waals surface area contributed by atoms with Gasteiger partial charge in [-0.3, -0.25) is 9.59 Å². The van der Waals surface area contributed by atoms with Crippen molar-refractivity contribution in [3.05, 3.63) is 63.8 Å². The molecule has 2 N–H and O–H groups in total. The summed E-state index contributed by atoms with van der Waals surface area (Å²) in [6.45, 7) is 0. The van der Waals surface area contributed by atoms with E-state index in [0.717, 1.165) is 0 Å². The molecule has 2 aliphatic carbocycles. The van der Waals surface area contributed by atoms with Crippen LogP contribution in [0.4, 0.5) is 0 Å². The Morgan fingerprint density at radius 3 is 2.21 bits per heavy atom. The summed E-state index contributed by atoms with van der Waals surface area (Å²) in [7, 11) is 0. The first-order chi connectivity index (χ1) is 9.15. The maximum absolute atomic E-state index is 12.4. The number of carbonyl (C=O) groups excluding carboxylic acids is 2. The molecule has 0 spiro atoms. The maximum atomic E-state index is 12.4. The molecule has 1 aromatic rings. The van der Waals surface area contributed by atoms with Crippen LogP contribution in [0.2, 0.25) is 0 Å². The molecule has 0 radical (unpaired) electrons. The van der Waals surface area contributed by atoms with Gasteiger partial charge in [0.1, 0.15) is 5.57 Å². The van der Waals surface area contributed by atoms with Crippen molar-refractivity contribution in [3.63, 3.8) is 0 Å². The topological polar surface area (TPSA) is 96.6 Å². The van der Waals surface area contributed by atoms with E-state index in [1.54, 1.807) is 30.3 Å². The van der Waals surface area contributed by atoms with Crippen LogP contribution in [0.5, 0.6) is 0 Å². The first-order valence-electron chi connectivity index (χ1n) is 5.75. The van der Waals surface area contributed by atoms with E-state index in [4.69, 9.17) is 11.3 Å². The number of hydrogen-bond donors (Lipinski definition) is 1. The van der Waals surface area contributed by atoms with Gasteiger partial charge in [0.15, 0.2) is 5.78 Å². The number of Topliss-reactive ketones (excluding diaryl/α,β-unsaturated/α-hetero) is 2. The molecule has 0 saturated carbocycles. The zero-order valence-electron chi connectivity index (χ0n) is 9.88. The third-order valence-corrected chi connectivity index (χ3v) is 3.33. The number of nitrogens with zero attached hydrogens (tertiary/aromatic N) is 2. The highest BCUT2D eigenvalue weighted by Gasteiger charge is 2.40. The molecule has 0 aromatic heterocycles. The van der Waals surface area contributed by atoms with Gasteiger partial charge in [-0.25, -0.2) is 0 Å². The molecule has 0 unspecified atom stereocenters. The highest BCUT2D eigenvalue weighted by atomic mass is 16.1. The summed E-state index contributed by atoms with van der Waals surface area (Å²) >= 11 is 0. The molecule has 0 heterocycles. The van der Waals surface area contributed by atoms with Crippen molar-refractivity contribution >= 4 is 17.3 Å². The quantitative estimate of drug-likeness (QED) is 0.555. The van der Waals surface area contributed by atoms with Gasteiger partial charge >= 0.3 is 5.71 Å². The molecule has 0 saturated heterocycles. The van der Waals surface area contributed by atoms with Crippen LogP contribution in [0.25, 0.3) is 5.53 Å². The average molecular weight is 251 g/mol. The highest BCUT2D eigenvalue weighted by Crippen LogP contribution is 2.32. The largest absolute Gasteiger partial charge is 0.398 e. The summed E-state index contributed by atoms with van der Waals surface area (Å²) in [6.07, 6.45) is 1.81. The lowest BCUT2D eigenvalue weighted by Gasteiger charge is -2.21. The van der Waals surface area contributed by atoms with Crippen LogP contribution in [-0.4, -0.2) is 22.1 Å². The number of allylic oxidation sites excluding steroid dienone is 3. The number of fused-ring (bicyclic) bond motifs is 1. The fraction of sp³-hybridized carbons (Fsp3) is 0.0714. The second kappa shape index (κ2) is 3.86. The van der Waals surface area contributed by atoms with Crippen molar-refractivity contribution < 1.29 is 14.4 Å². The van der Waals surface area contributed by atoms with Gasteiger partial charge in [0.2, 0.25) is 5.78 Å². The number of hydrogen-bond acceptors (Lipinski definition) is 3. The Kier molecular flexibility index (Phi) is 2.30. The highest BCUT2D eigenvalue weighted by molar-refractivity contribution is 6.38. The monoisotopic (exact) mass is 251 g/mol. The van der Waals surface area contributed by atoms with Crippen molar-refractivity contribution in [2.45, 2.75) is 6.42 Å². The van der Waals surface area contributed by atoms with E-state index >= 15 is 0 Å². The van der Waals surface area contributed by atoms with E-state index in [1.807, 2.05) is 0 Å². The predicted octanol–water partition coefficient (Wildman–Crippen LogP) is 1.28. The van der Waals surface area contributed by atoms with E-state index in [9.17, 15) is 9.59 Å². The second-order valence-electron chi connectivity index (χ2n) is 4.36. The lowest BCUT2D eigenvalue weighted by Crippen LogP contribution is -2.31. The van der Waals surface area contributed by atoms with Gasteiger partial charge in [-0.1, -0.05) is 24.3 Å². The number of ketones is 2. The summed E-state index contributed by atoms with van der Waals surface area (Å²) in [5.74, 6) is -0.631. The third-order valence-electron chi connectivity index (χ3n) is 3.33. The summed E-state index contributed by atoms with van der Waals surface area (Å²) in [6, 6.07) is 6.56. The Bertz CT molecular complexity index is 750. The van der Waals surface area contributed by atoms with Crippen molar-refractivity contribution in [1.29, 1.82) is 0 Å². The molecule has 5 nitrogen and oxygen atoms in total. The minimum atomic E-state index is -0.325. The van der Waals surface area contributed by atoms with Crippen LogP contribution in [0.3, 0.4) is 0 Å². The van der Waals surface area contributed by atoms with Crippen LogP contribution in [-0.2, 0) is 0 Å². The first-order valence-corrected chi connectivity index (χ1v) is 5.75. The molecule has 0 fully saturated rings. The van der Waals surface area contributed by atoms with Gasteiger partial charge in [0.25, 0.3) is 0 Å². The Morgan fingerprint density at radius 1 is 1.05 bits per heavy atom. The van der Waals surface area contributed by atoms with Gasteiger partial charge in [-0.15, -0.1) is 0 Å². The summed E-state index contributed by atoms with van der Waals surface area (Å²) in [5, 5.41) is 0. The minimum Gasteiger partial charge on any atom is -0.398 e. The first kappa shape index (κ1) is 11.3. The normalized spacial score (nSPS) is 17.7. The lowest BCUT2D eigenvalue weighted by atomic mass is 9.78. The molecule has 92 valence electrons. The Balaban J connectivity index is 2.36. The maximum Gasteiger partial charge on any atom is 0.307 e. The van der Waals surface area contributed by atoms with E-state index in [2.05, 4.69) is 4.79 Å². The van der Waals surface area contributed by atoms with Crippen LogP contribution in [0.15, 0.2) is 47.2 Å². The van der Waals surface area contributed by atoms with Crippen molar-refractivity contribution in [2.24, 2.45) is 5.73 Å². The SMILES string of the molecule is [N-]=[N+]=C1CC=C(N)C2=C1C(=O)c1ccccc1C2=O. The van der Waals surface area contributed by atoms with Crippen molar-refractivity contribution in [3.8, 4) is 0 Å². The van der Waals surface area contributed by atoms with Crippen LogP contribution >= 0.6 is 0 Å². The van der Waals surface area contributed by atoms with E-state index < -0.39 is 0 Å². The second-order valence-corrected chi connectivity index (χ2v) is 4.36. The van der Waals surface area contributed by atoms with E-state index in [0.29, 0.717) is 11.1 Å². The molecule has 0 bridgehead atoms. The standard InChI is InChI=1S/C14H9N3O2/c15-9-5-6-10(17-16)12-11(9)13(18)7-3-1-2-4-8(7)14(12)19/h1-5H,6,15H2. The minimum absolute atomic E-state index is 0.117. The van der Waals surface area contributed by atoms with E-state index in [-0.39, 0.29) is 40.5 Å². The molecule has 5 heteroatoms. The van der Waals surface area contributed by atoms with Gasteiger partial charge < -0.3 is 11.3 Å². The lowest BCUT2D eigenvalue weighted by molar-refractivity contribution is -0.00651. The summed E-state index contributed by atoms with van der Waals surface area (Å²) in [5.41, 5.74) is 16.2. The van der Waals surface area contributed by atoms with Crippen LogP contribution < -0.4 is 5.73 Å². The molecule has 19 heavy (non-hydrogen) atoms. The van der Waals surface area contributed by atoms with E-state index in [1.165, 1.54) is 0 Å². The smallest absolute Gasteiger partial charge is 0.307 e. The number of carbonyl (C=O) groups is 2. The zero-order chi connectivity index (χ0) is 13.6. The number of nitrogens with two attached hydrogens (primary N) is 1. The van der Waals surface area contributed by atoms with Crippen LogP contribution in [0, 0.1) is 0 Å². The van der Waals surface area contributed by atoms with Gasteiger partial charge in [0, 0.05) is 16.8 Å². The Hall–Kier alpha value is -2.78. The molecule has 0 aliphatic heterocycles. The molecule has 0 amide bonds. The Labute approximate surface area is 108 Å². The number of benzene rings is 1. The van der Waals surface area contributed by atoms with Gasteiger partial charge in [0.05, 0.1) is 12.0 Å². The molecular weight excluding hydrogens is 242 g/mol. The average Bonchev–Trinajstić information content (AvgIpc) is 2.44. The van der Waals surface area contributed by atoms with Crippen molar-refractivity contribution in [1.82, 2.24) is 0 Å². The summed E-state index contributed by atoms with van der Waals surface area (Å²) in [4.78, 5) is 27.9. The predicted molar refractivity (Wildman–Crippen MR) is 67.6 cm³/mol. The van der Waals surface area contributed by atoms with Gasteiger partial charge in [-0.2, -0.15) is 4.79 Å². The number of rotatable bonds is 0. The molecule has 2 aliphatic rings. The fourth-order valence-electron chi connectivity index (χ4n) is 2.43. The van der Waals surface area contributed by atoms with Crippen LogP contribution in [0.1, 0.15) is 27.1 Å². The zero-order valence-corrected chi connectivity index (χ0v) is 9.88. The molecular formula is C14H9N3O2. The Morgan fingerprint density at radius 2 is 1.63 bits per heavy atom. The molecule has 1 aromatic carbocycles. The van der Waals surface area contributed by atoms with Gasteiger partial charge in [-0.05, 0) is 6.08 Å². The molecule has 3 rings (SSSR count). The van der Waals surface area contributed by atoms with Crippen molar-refractivity contribution in [2.75, 3.05) is 0 Å².